The molecule has 2 rings (SSSR count). The Hall–Kier alpha value is -2.73. The van der Waals surface area contributed by atoms with Gasteiger partial charge in [0.1, 0.15) is 12.4 Å². The van der Waals surface area contributed by atoms with E-state index < -0.39 is 0 Å². The molecule has 27 heavy (non-hydrogen) atoms. The van der Waals surface area contributed by atoms with Crippen molar-refractivity contribution in [2.24, 2.45) is 0 Å². The summed E-state index contributed by atoms with van der Waals surface area (Å²) in [6.45, 7) is 3.97. The lowest BCUT2D eigenvalue weighted by atomic mass is 10.1. The quantitative estimate of drug-likeness (QED) is 0.775. The van der Waals surface area contributed by atoms with Crippen molar-refractivity contribution in [3.8, 4) is 0 Å². The van der Waals surface area contributed by atoms with Crippen molar-refractivity contribution < 1.29 is 18.7 Å². The first-order valence-electron chi connectivity index (χ1n) is 8.81. The van der Waals surface area contributed by atoms with Gasteiger partial charge in [-0.3, -0.25) is 9.59 Å². The van der Waals surface area contributed by atoms with Gasteiger partial charge in [0.05, 0.1) is 13.0 Å². The van der Waals surface area contributed by atoms with E-state index in [1.54, 1.807) is 24.3 Å². The normalized spacial score (nSPS) is 10.7. The minimum absolute atomic E-state index is 0.0511. The summed E-state index contributed by atoms with van der Waals surface area (Å²) in [5, 5.41) is 2.85. The van der Waals surface area contributed by atoms with Crippen molar-refractivity contribution in [3.05, 3.63) is 65.5 Å². The van der Waals surface area contributed by atoms with Gasteiger partial charge in [-0.25, -0.2) is 4.39 Å². The fraction of sp³-hybridized carbons (Fsp3) is 0.333. The first kappa shape index (κ1) is 20.6. The minimum atomic E-state index is -0.349. The van der Waals surface area contributed by atoms with Crippen LogP contribution in [0.2, 0.25) is 0 Å². The van der Waals surface area contributed by atoms with Gasteiger partial charge >= 0.3 is 0 Å². The fourth-order valence-electron chi connectivity index (χ4n) is 2.69. The number of ether oxygens (including phenoxy) is 1. The second kappa shape index (κ2) is 9.83. The Labute approximate surface area is 159 Å². The summed E-state index contributed by atoms with van der Waals surface area (Å²) in [5.74, 6) is -0.630. The van der Waals surface area contributed by atoms with Gasteiger partial charge in [-0.2, -0.15) is 0 Å². The highest BCUT2D eigenvalue weighted by Gasteiger charge is 2.17. The van der Waals surface area contributed by atoms with Crippen LogP contribution in [0, 0.1) is 5.82 Å². The molecule has 0 aromatic heterocycles. The molecule has 0 aliphatic rings. The van der Waals surface area contributed by atoms with Crippen LogP contribution >= 0.6 is 0 Å². The molecule has 0 aliphatic carbocycles. The number of benzene rings is 2. The van der Waals surface area contributed by atoms with Gasteiger partial charge in [-0.05, 0) is 49.2 Å². The van der Waals surface area contributed by atoms with Gasteiger partial charge in [-0.1, -0.05) is 24.3 Å². The van der Waals surface area contributed by atoms with Crippen LogP contribution in [0.25, 0.3) is 0 Å². The van der Waals surface area contributed by atoms with Gasteiger partial charge in [0.15, 0.2) is 0 Å². The van der Waals surface area contributed by atoms with Crippen LogP contribution < -0.4 is 10.2 Å². The van der Waals surface area contributed by atoms with Crippen molar-refractivity contribution in [2.45, 2.75) is 32.9 Å². The minimum Gasteiger partial charge on any atom is -0.375 e. The number of nitrogens with zero attached hydrogens (tertiary/aromatic N) is 1. The van der Waals surface area contributed by atoms with Crippen molar-refractivity contribution in [2.75, 3.05) is 18.6 Å². The van der Waals surface area contributed by atoms with Crippen LogP contribution in [0.5, 0.6) is 0 Å². The second-order valence-corrected chi connectivity index (χ2v) is 6.61. The molecule has 0 unspecified atom stereocenters. The van der Waals surface area contributed by atoms with Gasteiger partial charge < -0.3 is 15.0 Å². The molecule has 0 bridgehead atoms. The maximum atomic E-state index is 13.5. The Morgan fingerprint density at radius 1 is 1.11 bits per heavy atom. The van der Waals surface area contributed by atoms with Crippen molar-refractivity contribution >= 4 is 17.5 Å². The number of carbonyl (C=O) groups excluding carboxylic acids is 2. The van der Waals surface area contributed by atoms with Crippen LogP contribution in [-0.2, 0) is 27.3 Å². The zero-order chi connectivity index (χ0) is 19.8. The van der Waals surface area contributed by atoms with Gasteiger partial charge in [0.25, 0.3) is 5.91 Å². The van der Waals surface area contributed by atoms with E-state index in [4.69, 9.17) is 4.74 Å². The molecule has 0 spiro atoms. The first-order chi connectivity index (χ1) is 12.9. The number of hydrogen-bond acceptors (Lipinski definition) is 3. The molecule has 0 saturated heterocycles. The van der Waals surface area contributed by atoms with Crippen LogP contribution in [0.4, 0.5) is 10.1 Å². The maximum absolute atomic E-state index is 13.5. The monoisotopic (exact) mass is 372 g/mol. The lowest BCUT2D eigenvalue weighted by Crippen LogP contribution is -2.33. The van der Waals surface area contributed by atoms with E-state index in [0.29, 0.717) is 11.3 Å². The summed E-state index contributed by atoms with van der Waals surface area (Å²) < 4.78 is 18.4. The zero-order valence-corrected chi connectivity index (χ0v) is 15.9. The highest BCUT2D eigenvalue weighted by atomic mass is 19.1. The molecule has 2 amide bonds. The van der Waals surface area contributed by atoms with Crippen molar-refractivity contribution in [3.63, 3.8) is 0 Å². The molecule has 2 aromatic carbocycles. The lowest BCUT2D eigenvalue weighted by Gasteiger charge is -2.23. The molecule has 6 heteroatoms. The number of anilines is 1. The Kier molecular flexibility index (Phi) is 7.49. The first-order valence-corrected chi connectivity index (χ1v) is 8.81. The standard InChI is InChI=1S/C21H25FN2O3/c1-15(2)23-20(25)12-16-7-9-19(10-8-16)24(21(26)14-27-3)13-17-5-4-6-18(22)11-17/h4-11,15H,12-14H2,1-3H3,(H,23,25). The van der Waals surface area contributed by atoms with E-state index in [-0.39, 0.29) is 43.2 Å². The van der Waals surface area contributed by atoms with Gasteiger partial charge in [0.2, 0.25) is 5.91 Å². The molecule has 0 atom stereocenters. The third-order valence-corrected chi connectivity index (χ3v) is 3.86. The molecule has 0 saturated carbocycles. The topological polar surface area (TPSA) is 58.6 Å². The Morgan fingerprint density at radius 2 is 1.81 bits per heavy atom. The molecule has 0 heterocycles. The van der Waals surface area contributed by atoms with Crippen LogP contribution in [0.1, 0.15) is 25.0 Å². The molecule has 2 aromatic rings. The highest BCUT2D eigenvalue weighted by molar-refractivity contribution is 5.94. The highest BCUT2D eigenvalue weighted by Crippen LogP contribution is 2.19. The maximum Gasteiger partial charge on any atom is 0.253 e. The summed E-state index contributed by atoms with van der Waals surface area (Å²) in [7, 11) is 1.45. The Bertz CT molecular complexity index is 775. The Morgan fingerprint density at radius 3 is 2.41 bits per heavy atom. The predicted molar refractivity (Wildman–Crippen MR) is 103 cm³/mol. The Balaban J connectivity index is 2.17. The van der Waals surface area contributed by atoms with E-state index in [2.05, 4.69) is 5.32 Å². The third-order valence-electron chi connectivity index (χ3n) is 3.86. The molecule has 144 valence electrons. The SMILES string of the molecule is COCC(=O)N(Cc1cccc(F)c1)c1ccc(CC(=O)NC(C)C)cc1. The number of nitrogens with one attached hydrogen (secondary N) is 1. The molecule has 1 N–H and O–H groups in total. The van der Waals surface area contributed by atoms with E-state index in [9.17, 15) is 14.0 Å². The van der Waals surface area contributed by atoms with E-state index in [0.717, 1.165) is 5.56 Å². The number of amides is 2. The second-order valence-electron chi connectivity index (χ2n) is 6.61. The molecule has 0 aliphatic heterocycles. The van der Waals surface area contributed by atoms with Gasteiger partial charge in [0, 0.05) is 18.8 Å². The van der Waals surface area contributed by atoms with Crippen molar-refractivity contribution in [1.29, 1.82) is 0 Å². The summed E-state index contributed by atoms with van der Waals surface area (Å²) in [6, 6.07) is 13.4. The largest absolute Gasteiger partial charge is 0.375 e. The van der Waals surface area contributed by atoms with E-state index in [1.165, 1.54) is 24.1 Å². The van der Waals surface area contributed by atoms with Crippen LogP contribution in [0.15, 0.2) is 48.5 Å². The molecule has 5 nitrogen and oxygen atoms in total. The average molecular weight is 372 g/mol. The molecule has 0 radical (unpaired) electrons. The summed E-state index contributed by atoms with van der Waals surface area (Å²) in [6.07, 6.45) is 0.272. The number of rotatable bonds is 8. The predicted octanol–water partition coefficient (Wildman–Crippen LogP) is 3.07. The zero-order valence-electron chi connectivity index (χ0n) is 15.9. The van der Waals surface area contributed by atoms with Crippen molar-refractivity contribution in [1.82, 2.24) is 5.32 Å². The molecule has 0 fully saturated rings. The van der Waals surface area contributed by atoms with E-state index >= 15 is 0 Å². The summed E-state index contributed by atoms with van der Waals surface area (Å²) >= 11 is 0. The smallest absolute Gasteiger partial charge is 0.253 e. The summed E-state index contributed by atoms with van der Waals surface area (Å²) in [5.41, 5.74) is 2.19. The molecular formula is C21H25FN2O3. The number of methoxy groups -OCH3 is 1. The fourth-order valence-corrected chi connectivity index (χ4v) is 2.69. The molecular weight excluding hydrogens is 347 g/mol. The van der Waals surface area contributed by atoms with Gasteiger partial charge in [-0.15, -0.1) is 0 Å². The van der Waals surface area contributed by atoms with E-state index in [1.807, 2.05) is 26.0 Å². The average Bonchev–Trinajstić information content (AvgIpc) is 2.60. The number of hydrogen-bond donors (Lipinski definition) is 1. The number of carbonyl (C=O) groups is 2. The summed E-state index contributed by atoms with van der Waals surface area (Å²) in [4.78, 5) is 25.9. The van der Waals surface area contributed by atoms with Crippen LogP contribution in [0.3, 0.4) is 0 Å². The lowest BCUT2D eigenvalue weighted by molar-refractivity contribution is -0.122. The number of halogens is 1. The third kappa shape index (κ3) is 6.49. The van der Waals surface area contributed by atoms with Crippen LogP contribution in [-0.4, -0.2) is 31.6 Å².